The Balaban J connectivity index is 0.000000234. The lowest BCUT2D eigenvalue weighted by Crippen LogP contribution is -2.64. The predicted molar refractivity (Wildman–Crippen MR) is 255 cm³/mol. The third-order valence-corrected chi connectivity index (χ3v) is 13.0. The summed E-state index contributed by atoms with van der Waals surface area (Å²) < 4.78 is 17.7. The van der Waals surface area contributed by atoms with Gasteiger partial charge < -0.3 is 35.5 Å². The number of rotatable bonds is 14. The second-order valence-electron chi connectivity index (χ2n) is 16.3. The number of nitrogens with one attached hydrogen (secondary N) is 3. The van der Waals surface area contributed by atoms with Crippen molar-refractivity contribution in [3.05, 3.63) is 139 Å². The van der Waals surface area contributed by atoms with E-state index in [1.807, 2.05) is 98.8 Å². The van der Waals surface area contributed by atoms with Gasteiger partial charge >= 0.3 is 6.03 Å². The molecule has 65 heavy (non-hydrogen) atoms. The summed E-state index contributed by atoms with van der Waals surface area (Å²) in [5.74, 6) is -0.702. The van der Waals surface area contributed by atoms with Gasteiger partial charge in [0.25, 0.3) is 5.91 Å². The van der Waals surface area contributed by atoms with Gasteiger partial charge in [-0.05, 0) is 92.4 Å². The molecule has 7 N–H and O–H groups in total. The maximum Gasteiger partial charge on any atom is 0.328 e. The SMILES string of the molecule is C=CCC1(C(C)CC)C(=O)NC(=O)NC1=O.CC(=O)Nc1ccc(O)cc1.COc1cccc([C@@]2(O)CCCC[C@@H]2CN(C)C)c1.NC(=O)C[S+]([O-])C(c1ccccc1)c1ccccc1. The van der Waals surface area contributed by atoms with Crippen LogP contribution in [0.4, 0.5) is 10.5 Å². The van der Waals surface area contributed by atoms with Crippen LogP contribution in [0.1, 0.15) is 81.2 Å². The van der Waals surface area contributed by atoms with Crippen LogP contribution in [0.2, 0.25) is 0 Å². The summed E-state index contributed by atoms with van der Waals surface area (Å²) in [4.78, 5) is 58.5. The Morgan fingerprint density at radius 3 is 2.00 bits per heavy atom. The normalized spacial score (nSPS) is 18.4. The number of phenols is 1. The number of benzene rings is 4. The Morgan fingerprint density at radius 2 is 1.52 bits per heavy atom. The summed E-state index contributed by atoms with van der Waals surface area (Å²) in [6.07, 6.45) is 6.67. The summed E-state index contributed by atoms with van der Waals surface area (Å²) in [6.45, 7) is 9.63. The lowest BCUT2D eigenvalue weighted by molar-refractivity contribution is -0.148. The molecule has 0 spiro atoms. The molecule has 1 saturated heterocycles. The molecule has 14 nitrogen and oxygen atoms in total. The van der Waals surface area contributed by atoms with E-state index in [2.05, 4.69) is 41.5 Å². The van der Waals surface area contributed by atoms with Crippen LogP contribution in [0, 0.1) is 17.3 Å². The van der Waals surface area contributed by atoms with E-state index in [9.17, 15) is 33.6 Å². The summed E-state index contributed by atoms with van der Waals surface area (Å²) in [5.41, 5.74) is 6.78. The van der Waals surface area contributed by atoms with Crippen molar-refractivity contribution in [3.63, 3.8) is 0 Å². The van der Waals surface area contributed by atoms with E-state index >= 15 is 0 Å². The van der Waals surface area contributed by atoms with E-state index in [4.69, 9.17) is 15.6 Å². The van der Waals surface area contributed by atoms with Crippen molar-refractivity contribution in [1.82, 2.24) is 15.5 Å². The van der Waals surface area contributed by atoms with Gasteiger partial charge in [-0.1, -0.05) is 112 Å². The fourth-order valence-corrected chi connectivity index (χ4v) is 9.25. The quantitative estimate of drug-likeness (QED) is 0.0330. The minimum absolute atomic E-state index is 0.115. The van der Waals surface area contributed by atoms with Crippen molar-refractivity contribution in [2.75, 3.05) is 38.8 Å². The number of nitrogens with zero attached hydrogens (tertiary/aromatic N) is 1. The Morgan fingerprint density at radius 1 is 0.954 bits per heavy atom. The Hall–Kier alpha value is -6.00. The second-order valence-corrected chi connectivity index (χ2v) is 17.8. The molecule has 2 unspecified atom stereocenters. The van der Waals surface area contributed by atoms with Crippen molar-refractivity contribution in [2.24, 2.45) is 23.0 Å². The molecule has 2 fully saturated rings. The minimum Gasteiger partial charge on any atom is -0.615 e. The third-order valence-electron chi connectivity index (χ3n) is 11.3. The number of allylic oxidation sites excluding steroid dienone is 1. The van der Waals surface area contributed by atoms with E-state index < -0.39 is 45.9 Å². The van der Waals surface area contributed by atoms with Crippen molar-refractivity contribution < 1.29 is 43.5 Å². The number of urea groups is 1. The molecule has 4 atom stereocenters. The zero-order chi connectivity index (χ0) is 48.2. The van der Waals surface area contributed by atoms with Gasteiger partial charge in [0.15, 0.2) is 11.0 Å². The molecule has 0 radical (unpaired) electrons. The number of hydrogen-bond acceptors (Lipinski definition) is 10. The first-order valence-corrected chi connectivity index (χ1v) is 22.9. The van der Waals surface area contributed by atoms with E-state index in [0.29, 0.717) is 18.0 Å². The molecule has 1 aliphatic carbocycles. The number of imide groups is 2. The molecular formula is C50H65N5O9S. The number of anilines is 1. The molecule has 1 aliphatic heterocycles. The van der Waals surface area contributed by atoms with Crippen LogP contribution in [-0.2, 0) is 36.0 Å². The number of barbiturate groups is 1. The highest BCUT2D eigenvalue weighted by Gasteiger charge is 2.52. The molecule has 350 valence electrons. The summed E-state index contributed by atoms with van der Waals surface area (Å²) in [6, 6.07) is 32.5. The van der Waals surface area contributed by atoms with Gasteiger partial charge in [0.1, 0.15) is 16.9 Å². The first kappa shape index (κ1) is 53.3. The standard InChI is InChI=1S/C16H25NO2.C15H15NO2S.C11H16N2O3.C8H9NO2/c1-17(2)12-14-7-4-5-10-16(14,18)13-8-6-9-15(11-13)19-3;16-14(17)11-19(18)15(12-7-3-1-4-8-12)13-9-5-2-6-10-13;1-4-6-11(7(3)5-2)8(14)12-10(16)13-9(11)15;1-6(10)9-7-2-4-8(11)5-3-7/h6,8-9,11,14,18H,4-5,7,10,12H2,1-3H3;1-10,15H,11H2,(H2,16,17);4,7H,1,5-6H2,2-3H3,(H2,12,13,14,15,16);2-5,11H,1H3,(H,9,10)/t14-,16+;;;/m1.../s1. The fourth-order valence-electron chi connectivity index (χ4n) is 7.88. The smallest absolute Gasteiger partial charge is 0.328 e. The highest BCUT2D eigenvalue weighted by Crippen LogP contribution is 2.43. The molecule has 6 rings (SSSR count). The number of carbonyl (C=O) groups is 5. The summed E-state index contributed by atoms with van der Waals surface area (Å²) in [7, 11) is 5.81. The maximum atomic E-state index is 12.4. The lowest BCUT2D eigenvalue weighted by atomic mass is 9.70. The van der Waals surface area contributed by atoms with Crippen molar-refractivity contribution in [3.8, 4) is 11.5 Å². The average molecular weight is 912 g/mol. The van der Waals surface area contributed by atoms with Gasteiger partial charge in [-0.25, -0.2) is 4.79 Å². The molecule has 6 amide bonds. The van der Waals surface area contributed by atoms with Crippen LogP contribution < -0.4 is 26.4 Å². The number of hydrogen-bond donors (Lipinski definition) is 6. The van der Waals surface area contributed by atoms with Gasteiger partial charge in [-0.3, -0.25) is 29.8 Å². The van der Waals surface area contributed by atoms with Crippen molar-refractivity contribution in [2.45, 2.75) is 70.1 Å². The molecule has 0 aromatic heterocycles. The molecule has 4 aromatic carbocycles. The molecule has 4 aromatic rings. The van der Waals surface area contributed by atoms with Gasteiger partial charge in [0.2, 0.25) is 17.7 Å². The number of aromatic hydroxyl groups is 1. The fraction of sp³-hybridized carbons (Fsp3) is 0.380. The predicted octanol–water partition coefficient (Wildman–Crippen LogP) is 6.96. The monoisotopic (exact) mass is 911 g/mol. The van der Waals surface area contributed by atoms with Crippen LogP contribution in [0.3, 0.4) is 0 Å². The highest BCUT2D eigenvalue weighted by molar-refractivity contribution is 7.92. The number of carbonyl (C=O) groups excluding carboxylic acids is 5. The maximum absolute atomic E-state index is 12.4. The highest BCUT2D eigenvalue weighted by atomic mass is 32.2. The number of primary amides is 1. The first-order chi connectivity index (χ1) is 30.9. The molecule has 1 heterocycles. The van der Waals surface area contributed by atoms with E-state index in [1.54, 1.807) is 19.2 Å². The van der Waals surface area contributed by atoms with E-state index in [1.165, 1.54) is 31.6 Å². The zero-order valence-corrected chi connectivity index (χ0v) is 39.1. The van der Waals surface area contributed by atoms with Gasteiger partial charge in [-0.15, -0.1) is 6.58 Å². The Labute approximate surface area is 386 Å². The van der Waals surface area contributed by atoms with E-state index in [0.717, 1.165) is 48.2 Å². The number of methoxy groups -OCH3 is 1. The van der Waals surface area contributed by atoms with Crippen LogP contribution in [0.25, 0.3) is 0 Å². The largest absolute Gasteiger partial charge is 0.615 e. The van der Waals surface area contributed by atoms with Crippen molar-refractivity contribution in [1.29, 1.82) is 0 Å². The number of nitrogens with two attached hydrogens (primary N) is 1. The number of ether oxygens (including phenoxy) is 1. The molecule has 0 bridgehead atoms. The van der Waals surface area contributed by atoms with Crippen LogP contribution in [0.5, 0.6) is 11.5 Å². The van der Waals surface area contributed by atoms with Crippen LogP contribution >= 0.6 is 0 Å². The van der Waals surface area contributed by atoms with Crippen molar-refractivity contribution >= 4 is 46.5 Å². The lowest BCUT2D eigenvalue weighted by Gasteiger charge is -2.41. The molecule has 15 heteroatoms. The zero-order valence-electron chi connectivity index (χ0n) is 38.3. The second kappa shape index (κ2) is 26.1. The topological polar surface area (TPSA) is 223 Å². The van der Waals surface area contributed by atoms with Gasteiger partial charge in [-0.2, -0.15) is 0 Å². The van der Waals surface area contributed by atoms with E-state index in [-0.39, 0.29) is 35.0 Å². The summed E-state index contributed by atoms with van der Waals surface area (Å²) in [5, 5.41) is 26.6. The number of aliphatic hydroxyl groups is 1. The number of amides is 6. The van der Waals surface area contributed by atoms with Crippen LogP contribution in [-0.4, -0.2) is 82.8 Å². The Bertz CT molecular complexity index is 2100. The van der Waals surface area contributed by atoms with Gasteiger partial charge in [0.05, 0.1) is 12.7 Å². The number of phenolic OH excluding ortho intramolecular Hbond substituents is 1. The molecular weight excluding hydrogens is 847 g/mol. The summed E-state index contributed by atoms with van der Waals surface area (Å²) >= 11 is -1.36. The third kappa shape index (κ3) is 15.6. The molecule has 1 saturated carbocycles. The Kier molecular flexibility index (Phi) is 21.4. The average Bonchev–Trinajstić information content (AvgIpc) is 3.27. The first-order valence-electron chi connectivity index (χ1n) is 21.5. The molecule has 2 aliphatic rings. The van der Waals surface area contributed by atoms with Gasteiger partial charge in [0, 0.05) is 36.2 Å². The minimum atomic E-state index is -1.36. The van der Waals surface area contributed by atoms with Crippen LogP contribution in [0.15, 0.2) is 122 Å².